The average Bonchev–Trinajstić information content (AvgIpc) is 2.73. The van der Waals surface area contributed by atoms with Crippen LogP contribution in [0.1, 0.15) is 11.1 Å². The van der Waals surface area contributed by atoms with Crippen LogP contribution in [0.5, 0.6) is 5.75 Å². The summed E-state index contributed by atoms with van der Waals surface area (Å²) in [5.41, 5.74) is 2.00. The standard InChI is InChI=1S/C23H22F3NO2/c24-23(25,26)20-8-4-5-17(13-20)14-27-15-21(28)16-29-22-11-9-19(10-12-22)18-6-2-1-3-7-18/h1-13,21,27-28H,14-16H2/t21-/m0/s1. The summed E-state index contributed by atoms with van der Waals surface area (Å²) in [5, 5.41) is 13.0. The molecule has 3 rings (SSSR count). The Kier molecular flexibility index (Phi) is 6.90. The molecule has 3 aromatic rings. The van der Waals surface area contributed by atoms with Gasteiger partial charge in [-0.05, 0) is 34.9 Å². The van der Waals surface area contributed by atoms with Crippen molar-refractivity contribution < 1.29 is 23.0 Å². The summed E-state index contributed by atoms with van der Waals surface area (Å²) < 4.78 is 43.8. The molecule has 3 nitrogen and oxygen atoms in total. The fourth-order valence-electron chi connectivity index (χ4n) is 2.87. The minimum Gasteiger partial charge on any atom is -0.491 e. The summed E-state index contributed by atoms with van der Waals surface area (Å²) in [6.07, 6.45) is -5.14. The molecular formula is C23H22F3NO2. The van der Waals surface area contributed by atoms with Gasteiger partial charge in [-0.15, -0.1) is 0 Å². The van der Waals surface area contributed by atoms with Crippen molar-refractivity contribution in [3.05, 3.63) is 90.0 Å². The molecule has 0 saturated heterocycles. The minimum atomic E-state index is -4.36. The molecule has 0 unspecified atom stereocenters. The Morgan fingerprint density at radius 1 is 0.862 bits per heavy atom. The van der Waals surface area contributed by atoms with E-state index < -0.39 is 17.8 Å². The molecule has 0 bridgehead atoms. The van der Waals surface area contributed by atoms with Gasteiger partial charge in [0.05, 0.1) is 5.56 Å². The number of nitrogens with one attached hydrogen (secondary N) is 1. The summed E-state index contributed by atoms with van der Waals surface area (Å²) in [4.78, 5) is 0. The molecule has 152 valence electrons. The second kappa shape index (κ2) is 9.58. The van der Waals surface area contributed by atoms with Gasteiger partial charge >= 0.3 is 6.18 Å². The van der Waals surface area contributed by atoms with Crippen molar-refractivity contribution in [2.75, 3.05) is 13.2 Å². The third-order valence-corrected chi connectivity index (χ3v) is 4.37. The number of hydrogen-bond donors (Lipinski definition) is 2. The number of aliphatic hydroxyl groups is 1. The number of ether oxygens (including phenoxy) is 1. The largest absolute Gasteiger partial charge is 0.491 e. The molecule has 0 spiro atoms. The van der Waals surface area contributed by atoms with Gasteiger partial charge in [-0.3, -0.25) is 0 Å². The van der Waals surface area contributed by atoms with Gasteiger partial charge in [0.25, 0.3) is 0 Å². The molecule has 0 radical (unpaired) electrons. The normalized spacial score (nSPS) is 12.6. The molecule has 1 atom stereocenters. The van der Waals surface area contributed by atoms with Gasteiger partial charge < -0.3 is 15.2 Å². The summed E-state index contributed by atoms with van der Waals surface area (Å²) in [5.74, 6) is 0.640. The van der Waals surface area contributed by atoms with Crippen LogP contribution in [0.4, 0.5) is 13.2 Å². The topological polar surface area (TPSA) is 41.5 Å². The Hall–Kier alpha value is -2.83. The van der Waals surface area contributed by atoms with E-state index in [2.05, 4.69) is 5.32 Å². The Labute approximate surface area is 167 Å². The highest BCUT2D eigenvalue weighted by atomic mass is 19.4. The van der Waals surface area contributed by atoms with Gasteiger partial charge in [0.15, 0.2) is 0 Å². The van der Waals surface area contributed by atoms with Crippen molar-refractivity contribution in [3.8, 4) is 16.9 Å². The van der Waals surface area contributed by atoms with Crippen LogP contribution < -0.4 is 10.1 Å². The molecule has 3 aromatic carbocycles. The van der Waals surface area contributed by atoms with E-state index in [9.17, 15) is 18.3 Å². The predicted octanol–water partition coefficient (Wildman–Crippen LogP) is 4.90. The van der Waals surface area contributed by atoms with Crippen molar-refractivity contribution in [2.24, 2.45) is 0 Å². The van der Waals surface area contributed by atoms with Gasteiger partial charge in [-0.1, -0.05) is 60.7 Å². The van der Waals surface area contributed by atoms with E-state index in [1.807, 2.05) is 54.6 Å². The van der Waals surface area contributed by atoms with Crippen LogP contribution in [0.2, 0.25) is 0 Å². The molecule has 0 aliphatic carbocycles. The summed E-state index contributed by atoms with van der Waals surface area (Å²) in [6.45, 7) is 0.519. The predicted molar refractivity (Wildman–Crippen MR) is 107 cm³/mol. The molecule has 0 aliphatic heterocycles. The minimum absolute atomic E-state index is 0.0836. The number of benzene rings is 3. The molecule has 0 aromatic heterocycles. The van der Waals surface area contributed by atoms with Crippen molar-refractivity contribution in [1.82, 2.24) is 5.32 Å². The van der Waals surface area contributed by atoms with E-state index in [1.165, 1.54) is 6.07 Å². The highest BCUT2D eigenvalue weighted by Crippen LogP contribution is 2.29. The van der Waals surface area contributed by atoms with E-state index in [-0.39, 0.29) is 19.7 Å². The van der Waals surface area contributed by atoms with Gasteiger partial charge in [-0.25, -0.2) is 0 Å². The Balaban J connectivity index is 1.43. The maximum Gasteiger partial charge on any atom is 0.416 e. The molecule has 0 heterocycles. The van der Waals surface area contributed by atoms with Crippen molar-refractivity contribution in [2.45, 2.75) is 18.8 Å². The van der Waals surface area contributed by atoms with Crippen molar-refractivity contribution in [3.63, 3.8) is 0 Å². The van der Waals surface area contributed by atoms with Gasteiger partial charge in [0, 0.05) is 13.1 Å². The highest BCUT2D eigenvalue weighted by Gasteiger charge is 2.30. The lowest BCUT2D eigenvalue weighted by Gasteiger charge is -2.14. The van der Waals surface area contributed by atoms with Crippen molar-refractivity contribution in [1.29, 1.82) is 0 Å². The van der Waals surface area contributed by atoms with E-state index in [0.717, 1.165) is 23.3 Å². The molecule has 0 fully saturated rings. The fourth-order valence-corrected chi connectivity index (χ4v) is 2.87. The zero-order chi connectivity index (χ0) is 20.7. The summed E-state index contributed by atoms with van der Waals surface area (Å²) in [6, 6.07) is 22.7. The second-order valence-corrected chi connectivity index (χ2v) is 6.68. The van der Waals surface area contributed by atoms with E-state index in [4.69, 9.17) is 4.74 Å². The van der Waals surface area contributed by atoms with Gasteiger partial charge in [0.1, 0.15) is 18.5 Å². The van der Waals surface area contributed by atoms with Crippen LogP contribution in [0, 0.1) is 0 Å². The first-order chi connectivity index (χ1) is 13.9. The van der Waals surface area contributed by atoms with E-state index in [0.29, 0.717) is 11.3 Å². The molecular weight excluding hydrogens is 379 g/mol. The quantitative estimate of drug-likeness (QED) is 0.564. The number of aliphatic hydroxyl groups excluding tert-OH is 1. The lowest BCUT2D eigenvalue weighted by atomic mass is 10.1. The third-order valence-electron chi connectivity index (χ3n) is 4.37. The molecule has 0 saturated carbocycles. The second-order valence-electron chi connectivity index (χ2n) is 6.68. The monoisotopic (exact) mass is 401 g/mol. The van der Waals surface area contributed by atoms with Crippen molar-refractivity contribution >= 4 is 0 Å². The molecule has 0 aliphatic rings. The summed E-state index contributed by atoms with van der Waals surface area (Å²) in [7, 11) is 0. The first kappa shape index (κ1) is 20.9. The third kappa shape index (κ3) is 6.34. The smallest absolute Gasteiger partial charge is 0.416 e. The van der Waals surface area contributed by atoms with Crippen LogP contribution in [-0.2, 0) is 12.7 Å². The van der Waals surface area contributed by atoms with Crippen LogP contribution in [-0.4, -0.2) is 24.4 Å². The first-order valence-electron chi connectivity index (χ1n) is 9.25. The lowest BCUT2D eigenvalue weighted by Crippen LogP contribution is -2.31. The van der Waals surface area contributed by atoms with Gasteiger partial charge in [0.2, 0.25) is 0 Å². The van der Waals surface area contributed by atoms with Crippen LogP contribution in [0.3, 0.4) is 0 Å². The maximum absolute atomic E-state index is 12.7. The number of rotatable bonds is 8. The molecule has 29 heavy (non-hydrogen) atoms. The zero-order valence-corrected chi connectivity index (χ0v) is 15.7. The number of halogens is 3. The lowest BCUT2D eigenvalue weighted by molar-refractivity contribution is -0.137. The first-order valence-corrected chi connectivity index (χ1v) is 9.25. The molecule has 2 N–H and O–H groups in total. The molecule has 0 amide bonds. The van der Waals surface area contributed by atoms with E-state index >= 15 is 0 Å². The Morgan fingerprint density at radius 3 is 2.24 bits per heavy atom. The number of hydrogen-bond acceptors (Lipinski definition) is 3. The fraction of sp³-hybridized carbons (Fsp3) is 0.217. The Morgan fingerprint density at radius 2 is 1.55 bits per heavy atom. The van der Waals surface area contributed by atoms with Crippen LogP contribution in [0.15, 0.2) is 78.9 Å². The van der Waals surface area contributed by atoms with Crippen LogP contribution >= 0.6 is 0 Å². The Bertz CT molecular complexity index is 896. The van der Waals surface area contributed by atoms with Gasteiger partial charge in [-0.2, -0.15) is 13.2 Å². The maximum atomic E-state index is 12.7. The number of alkyl halides is 3. The SMILES string of the molecule is O[C@@H](CNCc1cccc(C(F)(F)F)c1)COc1ccc(-c2ccccc2)cc1. The molecule has 6 heteroatoms. The average molecular weight is 401 g/mol. The summed E-state index contributed by atoms with van der Waals surface area (Å²) >= 11 is 0. The zero-order valence-electron chi connectivity index (χ0n) is 15.7. The van der Waals surface area contributed by atoms with E-state index in [1.54, 1.807) is 6.07 Å². The van der Waals surface area contributed by atoms with Crippen LogP contribution in [0.25, 0.3) is 11.1 Å². The highest BCUT2D eigenvalue weighted by molar-refractivity contribution is 5.63.